The Labute approximate surface area is 169 Å². The van der Waals surface area contributed by atoms with Gasteiger partial charge in [0.25, 0.3) is 0 Å². The van der Waals surface area contributed by atoms with Crippen LogP contribution < -0.4 is 4.90 Å². The van der Waals surface area contributed by atoms with E-state index < -0.39 is 18.2 Å². The van der Waals surface area contributed by atoms with Crippen LogP contribution in [0.25, 0.3) is 5.65 Å². The Hall–Kier alpha value is -2.90. The van der Waals surface area contributed by atoms with Gasteiger partial charge in [-0.2, -0.15) is 0 Å². The highest BCUT2D eigenvalue weighted by atomic mass is 16.6. The fourth-order valence-electron chi connectivity index (χ4n) is 4.33. The lowest BCUT2D eigenvalue weighted by Crippen LogP contribution is -2.46. The molecule has 0 saturated heterocycles. The maximum atomic E-state index is 12.4. The SMILES string of the molecule is COCC(=O)OC1C(OC)c2c(C)cn3ccnc3c2N(C)C1c1ccccc1. The smallest absolute Gasteiger partial charge is 0.332 e. The van der Waals surface area contributed by atoms with Crippen molar-refractivity contribution >= 4 is 17.3 Å². The van der Waals surface area contributed by atoms with Crippen molar-refractivity contribution in [3.63, 3.8) is 0 Å². The van der Waals surface area contributed by atoms with Gasteiger partial charge in [-0.3, -0.25) is 0 Å². The van der Waals surface area contributed by atoms with E-state index in [2.05, 4.69) is 9.88 Å². The van der Waals surface area contributed by atoms with Gasteiger partial charge in [-0.1, -0.05) is 30.3 Å². The molecule has 2 aromatic heterocycles. The van der Waals surface area contributed by atoms with Gasteiger partial charge in [0.1, 0.15) is 12.7 Å². The zero-order valence-corrected chi connectivity index (χ0v) is 17.0. The number of hydrogen-bond donors (Lipinski definition) is 0. The third-order valence-electron chi connectivity index (χ3n) is 5.48. The molecule has 4 rings (SSSR count). The van der Waals surface area contributed by atoms with Crippen molar-refractivity contribution < 1.29 is 19.0 Å². The van der Waals surface area contributed by atoms with Gasteiger partial charge in [0, 0.05) is 45.4 Å². The third-order valence-corrected chi connectivity index (χ3v) is 5.48. The molecule has 0 N–H and O–H groups in total. The molecule has 0 amide bonds. The van der Waals surface area contributed by atoms with E-state index in [-0.39, 0.29) is 12.6 Å². The molecule has 3 aromatic rings. The number of aromatic nitrogens is 2. The molecule has 3 unspecified atom stereocenters. The Bertz CT molecular complexity index is 1020. The number of hydrogen-bond acceptors (Lipinski definition) is 6. The van der Waals surface area contributed by atoms with E-state index in [9.17, 15) is 4.79 Å². The molecule has 7 nitrogen and oxygen atoms in total. The first-order chi connectivity index (χ1) is 14.1. The van der Waals surface area contributed by atoms with E-state index in [1.54, 1.807) is 13.3 Å². The minimum absolute atomic E-state index is 0.108. The summed E-state index contributed by atoms with van der Waals surface area (Å²) in [4.78, 5) is 19.1. The summed E-state index contributed by atoms with van der Waals surface area (Å²) in [5, 5.41) is 0. The molecule has 1 aliphatic heterocycles. The van der Waals surface area contributed by atoms with E-state index in [4.69, 9.17) is 14.2 Å². The first-order valence-corrected chi connectivity index (χ1v) is 9.52. The highest BCUT2D eigenvalue weighted by molar-refractivity contribution is 5.78. The number of fused-ring (bicyclic) bond motifs is 3. The van der Waals surface area contributed by atoms with Gasteiger partial charge in [-0.05, 0) is 18.1 Å². The number of anilines is 1. The molecule has 0 saturated carbocycles. The van der Waals surface area contributed by atoms with Crippen LogP contribution in [0, 0.1) is 6.92 Å². The fourth-order valence-corrected chi connectivity index (χ4v) is 4.33. The largest absolute Gasteiger partial charge is 0.455 e. The first-order valence-electron chi connectivity index (χ1n) is 9.52. The number of rotatable bonds is 5. The number of benzene rings is 1. The Balaban J connectivity index is 1.93. The maximum Gasteiger partial charge on any atom is 0.332 e. The van der Waals surface area contributed by atoms with Gasteiger partial charge in [-0.15, -0.1) is 0 Å². The predicted molar refractivity (Wildman–Crippen MR) is 109 cm³/mol. The molecule has 1 aromatic carbocycles. The van der Waals surface area contributed by atoms with Crippen molar-refractivity contribution in [2.75, 3.05) is 32.8 Å². The molecular weight excluding hydrogens is 370 g/mol. The van der Waals surface area contributed by atoms with Crippen molar-refractivity contribution in [3.05, 3.63) is 65.6 Å². The average Bonchev–Trinajstić information content (AvgIpc) is 3.17. The molecule has 0 fully saturated rings. The van der Waals surface area contributed by atoms with Crippen LogP contribution in [0.2, 0.25) is 0 Å². The number of ether oxygens (including phenoxy) is 3. The zero-order valence-electron chi connectivity index (χ0n) is 17.0. The molecule has 1 aliphatic rings. The van der Waals surface area contributed by atoms with E-state index in [0.717, 1.165) is 28.0 Å². The number of aryl methyl sites for hydroxylation is 1. The minimum atomic E-state index is -0.543. The monoisotopic (exact) mass is 395 g/mol. The normalized spacial score (nSPS) is 21.2. The van der Waals surface area contributed by atoms with Gasteiger partial charge in [0.05, 0.1) is 11.7 Å². The van der Waals surface area contributed by atoms with Crippen molar-refractivity contribution in [2.45, 2.75) is 25.2 Å². The van der Waals surface area contributed by atoms with Crippen molar-refractivity contribution in [1.29, 1.82) is 0 Å². The van der Waals surface area contributed by atoms with E-state index in [1.165, 1.54) is 7.11 Å². The van der Waals surface area contributed by atoms with E-state index in [0.29, 0.717) is 0 Å². The summed E-state index contributed by atoms with van der Waals surface area (Å²) >= 11 is 0. The molecule has 0 radical (unpaired) electrons. The van der Waals surface area contributed by atoms with Crippen molar-refractivity contribution in [2.24, 2.45) is 0 Å². The molecule has 152 valence electrons. The Morgan fingerprint density at radius 3 is 2.66 bits per heavy atom. The summed E-state index contributed by atoms with van der Waals surface area (Å²) < 4.78 is 18.8. The van der Waals surface area contributed by atoms with Crippen LogP contribution >= 0.6 is 0 Å². The summed E-state index contributed by atoms with van der Waals surface area (Å²) in [7, 11) is 5.13. The van der Waals surface area contributed by atoms with Gasteiger partial charge in [0.15, 0.2) is 11.8 Å². The standard InChI is InChI=1S/C22H25N3O4/c1-14-12-25-11-10-23-22(25)19-17(14)20(28-4)21(29-16(26)13-27-3)18(24(19)2)15-8-6-5-7-9-15/h5-12,18,20-21H,13H2,1-4H3. The average molecular weight is 395 g/mol. The van der Waals surface area contributed by atoms with Crippen LogP contribution in [0.4, 0.5) is 5.69 Å². The second-order valence-electron chi connectivity index (χ2n) is 7.24. The number of imidazole rings is 1. The summed E-state index contributed by atoms with van der Waals surface area (Å²) in [6.45, 7) is 1.93. The van der Waals surface area contributed by atoms with Gasteiger partial charge >= 0.3 is 5.97 Å². The molecule has 0 spiro atoms. The van der Waals surface area contributed by atoms with E-state index in [1.807, 2.05) is 61.1 Å². The summed E-state index contributed by atoms with van der Waals surface area (Å²) in [6.07, 6.45) is 4.76. The van der Waals surface area contributed by atoms with E-state index >= 15 is 0 Å². The summed E-state index contributed by atoms with van der Waals surface area (Å²) in [6, 6.07) is 9.77. The van der Waals surface area contributed by atoms with Gasteiger partial charge in [-0.25, -0.2) is 9.78 Å². The quantitative estimate of drug-likeness (QED) is 0.619. The maximum absolute atomic E-state index is 12.4. The van der Waals surface area contributed by atoms with Crippen LogP contribution in [0.15, 0.2) is 48.9 Å². The van der Waals surface area contributed by atoms with Gasteiger partial charge < -0.3 is 23.5 Å². The molecule has 3 heterocycles. The Kier molecular flexibility index (Phi) is 5.25. The first kappa shape index (κ1) is 19.4. The lowest BCUT2D eigenvalue weighted by molar-refractivity contribution is -0.163. The van der Waals surface area contributed by atoms with Crippen LogP contribution in [0.3, 0.4) is 0 Å². The number of carbonyl (C=O) groups excluding carboxylic acids is 1. The van der Waals surface area contributed by atoms with Crippen LogP contribution in [-0.2, 0) is 19.0 Å². The predicted octanol–water partition coefficient (Wildman–Crippen LogP) is 3.08. The van der Waals surface area contributed by atoms with Crippen molar-refractivity contribution in [3.8, 4) is 0 Å². The van der Waals surface area contributed by atoms with Crippen LogP contribution in [0.5, 0.6) is 0 Å². The van der Waals surface area contributed by atoms with Crippen LogP contribution in [0.1, 0.15) is 28.8 Å². The number of esters is 1. The molecule has 29 heavy (non-hydrogen) atoms. The molecule has 0 bridgehead atoms. The molecule has 3 atom stereocenters. The molecule has 0 aliphatic carbocycles. The minimum Gasteiger partial charge on any atom is -0.455 e. The lowest BCUT2D eigenvalue weighted by atomic mass is 9.85. The lowest BCUT2D eigenvalue weighted by Gasteiger charge is -2.45. The summed E-state index contributed by atoms with van der Waals surface area (Å²) in [5.74, 6) is -0.420. The second kappa shape index (κ2) is 7.85. The highest BCUT2D eigenvalue weighted by Crippen LogP contribution is 2.48. The van der Waals surface area contributed by atoms with Gasteiger partial charge in [0.2, 0.25) is 0 Å². The van der Waals surface area contributed by atoms with Crippen molar-refractivity contribution in [1.82, 2.24) is 9.38 Å². The number of nitrogens with zero attached hydrogens (tertiary/aromatic N) is 3. The second-order valence-corrected chi connectivity index (χ2v) is 7.24. The molecule has 7 heteroatoms. The number of carbonyl (C=O) groups is 1. The number of likely N-dealkylation sites (N-methyl/N-ethyl adjacent to an activating group) is 1. The Morgan fingerprint density at radius 1 is 1.21 bits per heavy atom. The third kappa shape index (κ3) is 3.26. The molecular formula is C22H25N3O4. The van der Waals surface area contributed by atoms with Crippen LogP contribution in [-0.4, -0.2) is 49.3 Å². The highest BCUT2D eigenvalue weighted by Gasteiger charge is 2.45. The summed E-state index contributed by atoms with van der Waals surface area (Å²) in [5.41, 5.74) is 4.89. The fraction of sp³-hybridized carbons (Fsp3) is 0.364. The number of pyridine rings is 1. The Morgan fingerprint density at radius 2 is 1.97 bits per heavy atom. The zero-order chi connectivity index (χ0) is 20.5. The number of methoxy groups -OCH3 is 2. The topological polar surface area (TPSA) is 65.3 Å².